The second-order valence-corrected chi connectivity index (χ2v) is 6.69. The van der Waals surface area contributed by atoms with E-state index in [0.717, 1.165) is 22.3 Å². The van der Waals surface area contributed by atoms with Crippen molar-refractivity contribution in [2.45, 2.75) is 27.3 Å². The number of nitrogens with zero attached hydrogens (tertiary/aromatic N) is 3. The lowest BCUT2D eigenvalue weighted by Gasteiger charge is -2.16. The van der Waals surface area contributed by atoms with Gasteiger partial charge in [-0.1, -0.05) is 46.6 Å². The standard InChI is InChI=1S/C21H23N3O3/c1-14-6-5-7-17(11-14)21-22-19(27-23-21)12-24(4)20(25)13-26-18-9-8-15(2)10-16(18)3/h5-11H,12-13H2,1-4H3. The van der Waals surface area contributed by atoms with Crippen LogP contribution in [0.3, 0.4) is 0 Å². The monoisotopic (exact) mass is 365 g/mol. The van der Waals surface area contributed by atoms with Crippen molar-refractivity contribution in [2.75, 3.05) is 13.7 Å². The Morgan fingerprint density at radius 3 is 2.63 bits per heavy atom. The molecule has 140 valence electrons. The number of likely N-dealkylation sites (N-methyl/N-ethyl adjacent to an activating group) is 1. The summed E-state index contributed by atoms with van der Waals surface area (Å²) in [5.41, 5.74) is 4.17. The molecule has 0 aliphatic heterocycles. The summed E-state index contributed by atoms with van der Waals surface area (Å²) in [6, 6.07) is 13.7. The van der Waals surface area contributed by atoms with E-state index >= 15 is 0 Å². The summed E-state index contributed by atoms with van der Waals surface area (Å²) in [6.07, 6.45) is 0. The van der Waals surface area contributed by atoms with Crippen LogP contribution in [0.25, 0.3) is 11.4 Å². The van der Waals surface area contributed by atoms with E-state index in [2.05, 4.69) is 10.1 Å². The van der Waals surface area contributed by atoms with Gasteiger partial charge < -0.3 is 14.2 Å². The number of carbonyl (C=O) groups is 1. The summed E-state index contributed by atoms with van der Waals surface area (Å²) in [5.74, 6) is 1.45. The molecule has 0 aliphatic carbocycles. The quantitative estimate of drug-likeness (QED) is 0.666. The number of hydrogen-bond donors (Lipinski definition) is 0. The third-order valence-corrected chi connectivity index (χ3v) is 4.22. The first-order valence-corrected chi connectivity index (χ1v) is 8.76. The second kappa shape index (κ2) is 8.03. The fourth-order valence-corrected chi connectivity index (χ4v) is 2.72. The average Bonchev–Trinajstić information content (AvgIpc) is 3.09. The van der Waals surface area contributed by atoms with E-state index in [9.17, 15) is 4.79 Å². The van der Waals surface area contributed by atoms with Crippen LogP contribution in [0.15, 0.2) is 47.0 Å². The zero-order valence-electron chi connectivity index (χ0n) is 16.0. The second-order valence-electron chi connectivity index (χ2n) is 6.69. The Morgan fingerprint density at radius 1 is 1.11 bits per heavy atom. The molecular formula is C21H23N3O3. The number of aromatic nitrogens is 2. The smallest absolute Gasteiger partial charge is 0.260 e. The van der Waals surface area contributed by atoms with Crippen molar-refractivity contribution in [1.29, 1.82) is 0 Å². The maximum atomic E-state index is 12.3. The van der Waals surface area contributed by atoms with Gasteiger partial charge in [-0.3, -0.25) is 4.79 Å². The third-order valence-electron chi connectivity index (χ3n) is 4.22. The van der Waals surface area contributed by atoms with Crippen LogP contribution in [0, 0.1) is 20.8 Å². The Morgan fingerprint density at radius 2 is 1.89 bits per heavy atom. The molecule has 1 aromatic heterocycles. The van der Waals surface area contributed by atoms with Gasteiger partial charge in [0.1, 0.15) is 5.75 Å². The van der Waals surface area contributed by atoms with Gasteiger partial charge in [0.05, 0.1) is 6.54 Å². The highest BCUT2D eigenvalue weighted by Crippen LogP contribution is 2.19. The molecule has 27 heavy (non-hydrogen) atoms. The van der Waals surface area contributed by atoms with Crippen LogP contribution in [0.4, 0.5) is 0 Å². The largest absolute Gasteiger partial charge is 0.484 e. The maximum Gasteiger partial charge on any atom is 0.260 e. The molecule has 1 amide bonds. The van der Waals surface area contributed by atoms with Gasteiger partial charge >= 0.3 is 0 Å². The van der Waals surface area contributed by atoms with E-state index in [1.54, 1.807) is 7.05 Å². The minimum atomic E-state index is -0.162. The molecule has 0 spiro atoms. The Hall–Kier alpha value is -3.15. The summed E-state index contributed by atoms with van der Waals surface area (Å²) in [4.78, 5) is 18.2. The summed E-state index contributed by atoms with van der Waals surface area (Å²) in [7, 11) is 1.68. The summed E-state index contributed by atoms with van der Waals surface area (Å²) >= 11 is 0. The fourth-order valence-electron chi connectivity index (χ4n) is 2.72. The normalized spacial score (nSPS) is 10.7. The van der Waals surface area contributed by atoms with E-state index < -0.39 is 0 Å². The predicted molar refractivity (Wildman–Crippen MR) is 102 cm³/mol. The highest BCUT2D eigenvalue weighted by Gasteiger charge is 2.15. The lowest BCUT2D eigenvalue weighted by atomic mass is 10.1. The van der Waals surface area contributed by atoms with Crippen molar-refractivity contribution >= 4 is 5.91 Å². The molecule has 0 unspecified atom stereocenters. The zero-order valence-corrected chi connectivity index (χ0v) is 16.0. The van der Waals surface area contributed by atoms with Gasteiger partial charge in [0.25, 0.3) is 5.91 Å². The van der Waals surface area contributed by atoms with Crippen LogP contribution in [0.5, 0.6) is 5.75 Å². The number of rotatable bonds is 6. The van der Waals surface area contributed by atoms with Gasteiger partial charge in [0.2, 0.25) is 11.7 Å². The molecule has 0 fully saturated rings. The molecule has 0 N–H and O–H groups in total. The lowest BCUT2D eigenvalue weighted by molar-refractivity contribution is -0.132. The SMILES string of the molecule is Cc1cccc(-c2noc(CN(C)C(=O)COc3ccc(C)cc3C)n2)c1. The Labute approximate surface area is 158 Å². The van der Waals surface area contributed by atoms with Crippen molar-refractivity contribution < 1.29 is 14.1 Å². The molecule has 0 bridgehead atoms. The number of aryl methyl sites for hydroxylation is 3. The molecule has 0 atom stereocenters. The minimum absolute atomic E-state index is 0.0424. The van der Waals surface area contributed by atoms with Gasteiger partial charge in [-0.05, 0) is 38.5 Å². The number of ether oxygens (including phenoxy) is 1. The summed E-state index contributed by atoms with van der Waals surface area (Å²) < 4.78 is 10.9. The Bertz CT molecular complexity index is 949. The fraction of sp³-hybridized carbons (Fsp3) is 0.286. The van der Waals surface area contributed by atoms with Crippen LogP contribution >= 0.6 is 0 Å². The van der Waals surface area contributed by atoms with Crippen LogP contribution in [0.2, 0.25) is 0 Å². The van der Waals surface area contributed by atoms with E-state index in [0.29, 0.717) is 17.5 Å². The highest BCUT2D eigenvalue weighted by molar-refractivity contribution is 5.77. The summed E-state index contributed by atoms with van der Waals surface area (Å²) in [5, 5.41) is 4.00. The molecule has 3 aromatic rings. The Balaban J connectivity index is 1.58. The number of hydrogen-bond acceptors (Lipinski definition) is 5. The van der Waals surface area contributed by atoms with Crippen molar-refractivity contribution in [3.8, 4) is 17.1 Å². The number of carbonyl (C=O) groups excluding carboxylic acids is 1. The highest BCUT2D eigenvalue weighted by atomic mass is 16.5. The first kappa shape index (κ1) is 18.6. The molecule has 0 saturated heterocycles. The molecule has 0 saturated carbocycles. The molecular weight excluding hydrogens is 342 g/mol. The first-order valence-electron chi connectivity index (χ1n) is 8.76. The van der Waals surface area contributed by atoms with Crippen LogP contribution < -0.4 is 4.74 Å². The lowest BCUT2D eigenvalue weighted by Crippen LogP contribution is -2.31. The van der Waals surface area contributed by atoms with E-state index in [1.807, 2.05) is 63.2 Å². The minimum Gasteiger partial charge on any atom is -0.484 e. The van der Waals surface area contributed by atoms with Crippen molar-refractivity contribution in [3.05, 3.63) is 65.0 Å². The van der Waals surface area contributed by atoms with Crippen LogP contribution in [0.1, 0.15) is 22.6 Å². The average molecular weight is 365 g/mol. The topological polar surface area (TPSA) is 68.5 Å². The Kier molecular flexibility index (Phi) is 5.54. The maximum absolute atomic E-state index is 12.3. The number of amides is 1. The third kappa shape index (κ3) is 4.73. The molecule has 6 heteroatoms. The molecule has 3 rings (SSSR count). The van der Waals surface area contributed by atoms with Gasteiger partial charge in [0.15, 0.2) is 6.61 Å². The predicted octanol–water partition coefficient (Wildman–Crippen LogP) is 3.70. The van der Waals surface area contributed by atoms with Gasteiger partial charge in [-0.2, -0.15) is 4.98 Å². The molecule has 6 nitrogen and oxygen atoms in total. The van der Waals surface area contributed by atoms with E-state index in [4.69, 9.17) is 9.26 Å². The van der Waals surface area contributed by atoms with Crippen molar-refractivity contribution in [2.24, 2.45) is 0 Å². The van der Waals surface area contributed by atoms with Gasteiger partial charge in [0, 0.05) is 12.6 Å². The van der Waals surface area contributed by atoms with Crippen molar-refractivity contribution in [1.82, 2.24) is 15.0 Å². The van der Waals surface area contributed by atoms with Crippen LogP contribution in [-0.2, 0) is 11.3 Å². The molecule has 0 radical (unpaired) electrons. The van der Waals surface area contributed by atoms with Crippen LogP contribution in [-0.4, -0.2) is 34.6 Å². The summed E-state index contributed by atoms with van der Waals surface area (Å²) in [6.45, 7) is 6.17. The zero-order chi connectivity index (χ0) is 19.4. The van der Waals surface area contributed by atoms with E-state index in [-0.39, 0.29) is 19.1 Å². The van der Waals surface area contributed by atoms with E-state index in [1.165, 1.54) is 4.90 Å². The molecule has 2 aromatic carbocycles. The molecule has 0 aliphatic rings. The first-order chi connectivity index (χ1) is 12.9. The number of benzene rings is 2. The van der Waals surface area contributed by atoms with Crippen molar-refractivity contribution in [3.63, 3.8) is 0 Å². The molecule has 1 heterocycles. The van der Waals surface area contributed by atoms with Gasteiger partial charge in [-0.15, -0.1) is 0 Å². The van der Waals surface area contributed by atoms with Gasteiger partial charge in [-0.25, -0.2) is 0 Å².